The smallest absolute Gasteiger partial charge is 0.748 e. The predicted octanol–water partition coefficient (Wildman–Crippen LogP) is -6.85. The van der Waals surface area contributed by atoms with Gasteiger partial charge in [-0.05, 0) is 0 Å². The molecular formula is C10H10N6Na2O6S2. The molecular weight excluding hydrogens is 410 g/mol. The minimum absolute atomic E-state index is 0. The summed E-state index contributed by atoms with van der Waals surface area (Å²) in [7, 11) is -4.42. The van der Waals surface area contributed by atoms with Gasteiger partial charge in [0.1, 0.15) is 6.07 Å². The molecule has 0 bridgehead atoms. The Morgan fingerprint density at radius 2 is 1.92 bits per heavy atom. The normalized spacial score (nSPS) is 9.85. The molecule has 1 aromatic heterocycles. The van der Waals surface area contributed by atoms with Crippen LogP contribution in [0.15, 0.2) is 0 Å². The third-order valence-corrected chi connectivity index (χ3v) is 3.51. The minimum Gasteiger partial charge on any atom is -0.748 e. The van der Waals surface area contributed by atoms with Crippen molar-refractivity contribution in [1.82, 2.24) is 9.97 Å². The molecule has 1 rings (SSSR count). The Kier molecular flexibility index (Phi) is 16.0. The van der Waals surface area contributed by atoms with Crippen LogP contribution in [-0.2, 0) is 19.5 Å². The Morgan fingerprint density at radius 1 is 1.27 bits per heavy atom. The standard InChI is InChI=1S/C10H12N6O6S2.2Na/c1-12-9-10(13-2-4-23-22-21-17)15-7(6-11)8(16-9)14-3-5-24(18,19)20;;/h17H,2-5H2,(H,13,15)(H,14,16)(H,18,19,20);;/q;2*+1/p-2. The second-order valence-corrected chi connectivity index (χ2v) is 6.19. The number of hydrogen-bond donors (Lipinski definition) is 2. The zero-order chi connectivity index (χ0) is 18.0. The Balaban J connectivity index is 0. The van der Waals surface area contributed by atoms with Crippen LogP contribution in [0.4, 0.5) is 17.5 Å². The largest absolute Gasteiger partial charge is 1.00 e. The van der Waals surface area contributed by atoms with Gasteiger partial charge in [-0.3, -0.25) is 5.04 Å². The first kappa shape index (κ1) is 28.0. The van der Waals surface area contributed by atoms with Crippen molar-refractivity contribution in [3.05, 3.63) is 17.1 Å². The van der Waals surface area contributed by atoms with Crippen molar-refractivity contribution in [2.75, 3.05) is 35.2 Å². The Hall–Kier alpha value is -0.200. The SMILES string of the molecule is [C-]#[N+]c1nc(NCCS(=O)(=O)[O-])c(C#N)nc1NCCSOO[O-].[Na+].[Na+]. The molecule has 0 aliphatic heterocycles. The average molecular weight is 420 g/mol. The molecule has 2 N–H and O–H groups in total. The molecule has 0 spiro atoms. The summed E-state index contributed by atoms with van der Waals surface area (Å²) in [6, 6.07) is 1.75. The van der Waals surface area contributed by atoms with Gasteiger partial charge in [-0.25, -0.2) is 13.4 Å². The second kappa shape index (κ2) is 14.8. The molecule has 130 valence electrons. The molecule has 16 heteroatoms. The van der Waals surface area contributed by atoms with Gasteiger partial charge in [0.25, 0.3) is 5.82 Å². The van der Waals surface area contributed by atoms with E-state index in [1.54, 1.807) is 6.07 Å². The summed E-state index contributed by atoms with van der Waals surface area (Å²) in [5.41, 5.74) is -0.181. The van der Waals surface area contributed by atoms with E-state index in [1.807, 2.05) is 0 Å². The quantitative estimate of drug-likeness (QED) is 0.0696. The summed E-state index contributed by atoms with van der Waals surface area (Å²) in [4.78, 5) is 10.9. The van der Waals surface area contributed by atoms with Crippen molar-refractivity contribution in [3.63, 3.8) is 0 Å². The van der Waals surface area contributed by atoms with Gasteiger partial charge in [0.15, 0.2) is 5.82 Å². The van der Waals surface area contributed by atoms with Gasteiger partial charge in [0.2, 0.25) is 5.69 Å². The molecule has 0 aliphatic carbocycles. The van der Waals surface area contributed by atoms with Gasteiger partial charge in [-0.1, -0.05) is 11.6 Å². The summed E-state index contributed by atoms with van der Waals surface area (Å²) in [5, 5.41) is 27.0. The molecule has 0 radical (unpaired) electrons. The summed E-state index contributed by atoms with van der Waals surface area (Å²) in [6.45, 7) is 7.02. The fourth-order valence-electron chi connectivity index (χ4n) is 1.38. The third kappa shape index (κ3) is 10.8. The molecule has 0 amide bonds. The predicted molar refractivity (Wildman–Crippen MR) is 79.2 cm³/mol. The van der Waals surface area contributed by atoms with E-state index in [-0.39, 0.29) is 101 Å². The van der Waals surface area contributed by atoms with E-state index in [0.717, 1.165) is 12.0 Å². The van der Waals surface area contributed by atoms with Gasteiger partial charge in [0.05, 0.1) is 15.9 Å². The van der Waals surface area contributed by atoms with E-state index >= 15 is 0 Å². The zero-order valence-electron chi connectivity index (χ0n) is 13.9. The molecule has 0 aromatic carbocycles. The van der Waals surface area contributed by atoms with Gasteiger partial charge >= 0.3 is 64.9 Å². The number of rotatable bonds is 10. The first-order chi connectivity index (χ1) is 11.4. The number of aromatic nitrogens is 2. The maximum Gasteiger partial charge on any atom is 1.00 e. The monoisotopic (exact) mass is 420 g/mol. The molecule has 1 aromatic rings. The molecule has 26 heavy (non-hydrogen) atoms. The van der Waals surface area contributed by atoms with E-state index in [9.17, 15) is 18.2 Å². The number of nitriles is 1. The fraction of sp³-hybridized carbons (Fsp3) is 0.400. The van der Waals surface area contributed by atoms with Gasteiger partial charge in [-0.2, -0.15) is 9.60 Å². The Bertz CT molecular complexity index is 754. The molecule has 0 saturated carbocycles. The maximum absolute atomic E-state index is 10.6. The summed E-state index contributed by atoms with van der Waals surface area (Å²) in [6.07, 6.45) is 0. The fourth-order valence-corrected chi connectivity index (χ4v) is 2.03. The molecule has 1 heterocycles. The number of nitrogens with zero attached hydrogens (tertiary/aromatic N) is 4. The summed E-state index contributed by atoms with van der Waals surface area (Å²) >= 11 is 0.726. The van der Waals surface area contributed by atoms with E-state index in [4.69, 9.17) is 11.8 Å². The topological polar surface area (TPSA) is 177 Å². The van der Waals surface area contributed by atoms with Crippen molar-refractivity contribution in [1.29, 1.82) is 5.26 Å². The van der Waals surface area contributed by atoms with E-state index in [2.05, 4.69) is 34.8 Å². The summed E-state index contributed by atoms with van der Waals surface area (Å²) < 4.78 is 35.7. The van der Waals surface area contributed by atoms with Crippen molar-refractivity contribution in [2.45, 2.75) is 0 Å². The molecule has 12 nitrogen and oxygen atoms in total. The van der Waals surface area contributed by atoms with E-state index in [1.165, 1.54) is 0 Å². The molecule has 0 aliphatic rings. The van der Waals surface area contributed by atoms with Crippen LogP contribution in [-0.4, -0.2) is 47.5 Å². The van der Waals surface area contributed by atoms with E-state index in [0.29, 0.717) is 0 Å². The van der Waals surface area contributed by atoms with Crippen LogP contribution in [0, 0.1) is 17.9 Å². The van der Waals surface area contributed by atoms with Crippen LogP contribution >= 0.6 is 12.0 Å². The Morgan fingerprint density at radius 3 is 2.46 bits per heavy atom. The van der Waals surface area contributed by atoms with E-state index < -0.39 is 15.9 Å². The van der Waals surface area contributed by atoms with Crippen LogP contribution in [0.25, 0.3) is 4.85 Å². The zero-order valence-corrected chi connectivity index (χ0v) is 19.5. The van der Waals surface area contributed by atoms with Gasteiger partial charge in [0, 0.05) is 30.9 Å². The van der Waals surface area contributed by atoms with Crippen molar-refractivity contribution < 1.29 is 86.7 Å². The first-order valence-corrected chi connectivity index (χ1v) is 8.59. The Labute approximate surface area is 198 Å². The maximum atomic E-state index is 10.6. The van der Waals surface area contributed by atoms with Crippen LogP contribution in [0.3, 0.4) is 0 Å². The molecule has 0 unspecified atom stereocenters. The first-order valence-electron chi connectivity index (χ1n) is 6.10. The van der Waals surface area contributed by atoms with Gasteiger partial charge in [-0.15, -0.1) is 0 Å². The number of anilines is 2. The third-order valence-electron chi connectivity index (χ3n) is 2.29. The minimum atomic E-state index is -4.42. The van der Waals surface area contributed by atoms with Crippen LogP contribution in [0.1, 0.15) is 5.69 Å². The van der Waals surface area contributed by atoms with Crippen LogP contribution in [0.5, 0.6) is 0 Å². The average Bonchev–Trinajstić information content (AvgIpc) is 2.53. The number of nitrogens with one attached hydrogen (secondary N) is 2. The molecule has 0 saturated heterocycles. The summed E-state index contributed by atoms with van der Waals surface area (Å²) in [5.74, 6) is -0.647. The van der Waals surface area contributed by atoms with Crippen LogP contribution in [0.2, 0.25) is 0 Å². The number of hydrogen-bond acceptors (Lipinski definition) is 12. The second-order valence-electron chi connectivity index (χ2n) is 3.89. The van der Waals surface area contributed by atoms with Crippen molar-refractivity contribution >= 4 is 39.6 Å². The molecule has 0 atom stereocenters. The van der Waals surface area contributed by atoms with Crippen molar-refractivity contribution in [2.24, 2.45) is 0 Å². The molecule has 0 fully saturated rings. The van der Waals surface area contributed by atoms with Crippen molar-refractivity contribution in [3.8, 4) is 6.07 Å². The van der Waals surface area contributed by atoms with Gasteiger partial charge < -0.3 is 25.3 Å². The van der Waals surface area contributed by atoms with Crippen LogP contribution < -0.4 is 75.0 Å².